The maximum absolute atomic E-state index is 13.0. The first kappa shape index (κ1) is 32.6. The predicted molar refractivity (Wildman–Crippen MR) is 185 cm³/mol. The minimum Gasteiger partial charge on any atom is -0.491 e. The predicted octanol–water partition coefficient (Wildman–Crippen LogP) is 4.40. The number of Topliss-reactive ketones (excluding diaryl/α,β-unsaturated/α-hetero) is 1. The lowest BCUT2D eigenvalue weighted by Crippen LogP contribution is -2.36. The second-order valence-electron chi connectivity index (χ2n) is 11.6. The van der Waals surface area contributed by atoms with E-state index in [-0.39, 0.29) is 23.3 Å². The van der Waals surface area contributed by atoms with Gasteiger partial charge in [-0.2, -0.15) is 0 Å². The topological polar surface area (TPSA) is 125 Å². The molecule has 10 heteroatoms. The quantitative estimate of drug-likeness (QED) is 0.120. The van der Waals surface area contributed by atoms with E-state index in [2.05, 4.69) is 51.0 Å². The van der Waals surface area contributed by atoms with E-state index in [1.54, 1.807) is 36.9 Å². The summed E-state index contributed by atoms with van der Waals surface area (Å²) in [6.45, 7) is 4.61. The summed E-state index contributed by atoms with van der Waals surface area (Å²) in [4.78, 5) is 41.9. The maximum atomic E-state index is 13.0. The SMILES string of the molecule is NCCCOc1cc(C#CCCC(=O)c2cccn(Cc3cccnc3)c2=O)cc2cnc(Cc3ccc(N4CCOCC4)cc3)nc12. The van der Waals surface area contributed by atoms with E-state index in [0.29, 0.717) is 56.0 Å². The van der Waals surface area contributed by atoms with E-state index in [1.807, 2.05) is 24.3 Å². The molecular formula is C38H38N6O4. The number of ether oxygens (including phenoxy) is 2. The van der Waals surface area contributed by atoms with Gasteiger partial charge in [0.1, 0.15) is 17.1 Å². The zero-order valence-corrected chi connectivity index (χ0v) is 26.8. The van der Waals surface area contributed by atoms with Gasteiger partial charge in [-0.1, -0.05) is 30.0 Å². The number of nitrogens with zero attached hydrogens (tertiary/aromatic N) is 5. The third-order valence-corrected chi connectivity index (χ3v) is 8.08. The number of nitrogens with two attached hydrogens (primary N) is 1. The standard InChI is InChI=1S/C38H38N6O4/c39-14-5-19-48-35-23-29(6-1-2-9-34(45)33-8-4-16-44(38(33)46)27-30-7-3-15-40-25-30)22-31-26-41-36(42-37(31)35)24-28-10-12-32(13-11-28)43-17-20-47-21-18-43/h3-4,7-8,10-13,15-16,22-23,25-26H,2,5,9,14,17-21,24,27,39H2. The molecule has 0 radical (unpaired) electrons. The van der Waals surface area contributed by atoms with Crippen LogP contribution in [0.25, 0.3) is 10.9 Å². The number of benzene rings is 2. The highest BCUT2D eigenvalue weighted by molar-refractivity contribution is 5.95. The second kappa shape index (κ2) is 16.0. The lowest BCUT2D eigenvalue weighted by molar-refractivity contribution is 0.0982. The Balaban J connectivity index is 1.14. The molecule has 244 valence electrons. The Morgan fingerprint density at radius 3 is 2.67 bits per heavy atom. The van der Waals surface area contributed by atoms with E-state index in [0.717, 1.165) is 48.4 Å². The van der Waals surface area contributed by atoms with Crippen LogP contribution in [-0.4, -0.2) is 64.8 Å². The number of pyridine rings is 2. The van der Waals surface area contributed by atoms with Crippen LogP contribution in [-0.2, 0) is 17.7 Å². The number of rotatable bonds is 12. The fraction of sp³-hybridized carbons (Fsp3) is 0.289. The van der Waals surface area contributed by atoms with Crippen molar-refractivity contribution in [3.63, 3.8) is 0 Å². The largest absolute Gasteiger partial charge is 0.491 e. The summed E-state index contributed by atoms with van der Waals surface area (Å²) in [6.07, 6.45) is 8.59. The van der Waals surface area contributed by atoms with Crippen LogP contribution in [0.3, 0.4) is 0 Å². The van der Waals surface area contributed by atoms with Crippen LogP contribution in [0, 0.1) is 11.8 Å². The summed E-state index contributed by atoms with van der Waals surface area (Å²) < 4.78 is 13.1. The monoisotopic (exact) mass is 642 g/mol. The van der Waals surface area contributed by atoms with Gasteiger partial charge in [0, 0.05) is 73.8 Å². The molecule has 0 bridgehead atoms. The Bertz CT molecular complexity index is 1980. The van der Waals surface area contributed by atoms with Gasteiger partial charge >= 0.3 is 0 Å². The van der Waals surface area contributed by atoms with Crippen LogP contribution in [0.4, 0.5) is 5.69 Å². The van der Waals surface area contributed by atoms with Crippen LogP contribution < -0.4 is 20.9 Å². The van der Waals surface area contributed by atoms with Gasteiger partial charge in [0.25, 0.3) is 5.56 Å². The molecule has 6 rings (SSSR count). The fourth-order valence-electron chi connectivity index (χ4n) is 5.55. The van der Waals surface area contributed by atoms with Gasteiger partial charge in [-0.25, -0.2) is 9.97 Å². The number of carbonyl (C=O) groups excluding carboxylic acids is 1. The van der Waals surface area contributed by atoms with E-state index in [9.17, 15) is 9.59 Å². The molecule has 0 unspecified atom stereocenters. The summed E-state index contributed by atoms with van der Waals surface area (Å²) in [7, 11) is 0. The molecule has 1 saturated heterocycles. The molecule has 1 fully saturated rings. The number of aromatic nitrogens is 4. The Morgan fingerprint density at radius 2 is 1.88 bits per heavy atom. The van der Waals surface area contributed by atoms with E-state index in [4.69, 9.17) is 20.2 Å². The summed E-state index contributed by atoms with van der Waals surface area (Å²) >= 11 is 0. The summed E-state index contributed by atoms with van der Waals surface area (Å²) in [5, 5.41) is 0.811. The van der Waals surface area contributed by atoms with Crippen molar-refractivity contribution in [2.45, 2.75) is 32.2 Å². The summed E-state index contributed by atoms with van der Waals surface area (Å²) in [6, 6.07) is 19.3. The van der Waals surface area contributed by atoms with Crippen molar-refractivity contribution in [2.24, 2.45) is 5.73 Å². The Labute approximate surface area is 279 Å². The highest BCUT2D eigenvalue weighted by Gasteiger charge is 2.14. The smallest absolute Gasteiger partial charge is 0.261 e. The number of anilines is 1. The van der Waals surface area contributed by atoms with Crippen molar-refractivity contribution in [1.29, 1.82) is 0 Å². The van der Waals surface area contributed by atoms with Gasteiger partial charge < -0.3 is 24.7 Å². The van der Waals surface area contributed by atoms with Crippen molar-refractivity contribution < 1.29 is 14.3 Å². The molecule has 48 heavy (non-hydrogen) atoms. The van der Waals surface area contributed by atoms with Crippen molar-refractivity contribution in [1.82, 2.24) is 19.5 Å². The third kappa shape index (κ3) is 8.31. The van der Waals surface area contributed by atoms with Crippen LogP contribution in [0.1, 0.15) is 52.1 Å². The van der Waals surface area contributed by atoms with Crippen LogP contribution in [0.5, 0.6) is 5.75 Å². The number of hydrogen-bond acceptors (Lipinski definition) is 9. The molecule has 0 amide bonds. The van der Waals surface area contributed by atoms with Crippen molar-refractivity contribution in [3.8, 4) is 17.6 Å². The first-order valence-electron chi connectivity index (χ1n) is 16.2. The van der Waals surface area contributed by atoms with Crippen LogP contribution >= 0.6 is 0 Å². The number of fused-ring (bicyclic) bond motifs is 1. The summed E-state index contributed by atoms with van der Waals surface area (Å²) in [5.41, 5.74) is 10.2. The average Bonchev–Trinajstić information content (AvgIpc) is 3.12. The zero-order valence-electron chi connectivity index (χ0n) is 26.8. The van der Waals surface area contributed by atoms with Gasteiger partial charge in [-0.15, -0.1) is 0 Å². The molecular weight excluding hydrogens is 604 g/mol. The third-order valence-electron chi connectivity index (χ3n) is 8.08. The molecule has 2 aromatic carbocycles. The molecule has 3 aromatic heterocycles. The van der Waals surface area contributed by atoms with Gasteiger partial charge in [-0.05, 0) is 66.6 Å². The van der Waals surface area contributed by atoms with Crippen molar-refractivity contribution >= 4 is 22.4 Å². The molecule has 1 aliphatic heterocycles. The number of carbonyl (C=O) groups is 1. The Hall–Kier alpha value is -5.37. The molecule has 0 spiro atoms. The Kier molecular flexibility index (Phi) is 10.8. The molecule has 4 heterocycles. The Morgan fingerprint density at radius 1 is 1.02 bits per heavy atom. The van der Waals surface area contributed by atoms with Crippen LogP contribution in [0.15, 0.2) is 90.2 Å². The van der Waals surface area contributed by atoms with E-state index < -0.39 is 0 Å². The van der Waals surface area contributed by atoms with Gasteiger partial charge in [0.2, 0.25) is 0 Å². The second-order valence-corrected chi connectivity index (χ2v) is 11.6. The van der Waals surface area contributed by atoms with Gasteiger partial charge in [0.05, 0.1) is 31.9 Å². The van der Waals surface area contributed by atoms with Crippen molar-refractivity contribution in [2.75, 3.05) is 44.4 Å². The minimum absolute atomic E-state index is 0.131. The molecule has 2 N–H and O–H groups in total. The normalized spacial score (nSPS) is 12.8. The molecule has 10 nitrogen and oxygen atoms in total. The highest BCUT2D eigenvalue weighted by atomic mass is 16.5. The lowest BCUT2D eigenvalue weighted by atomic mass is 10.1. The van der Waals surface area contributed by atoms with Gasteiger partial charge in [0.15, 0.2) is 5.78 Å². The highest BCUT2D eigenvalue weighted by Crippen LogP contribution is 2.27. The average molecular weight is 643 g/mol. The van der Waals surface area contributed by atoms with Crippen LogP contribution in [0.2, 0.25) is 0 Å². The number of ketones is 1. The zero-order chi connectivity index (χ0) is 33.1. The van der Waals surface area contributed by atoms with E-state index in [1.165, 1.54) is 10.3 Å². The molecule has 0 saturated carbocycles. The van der Waals surface area contributed by atoms with Gasteiger partial charge in [-0.3, -0.25) is 14.6 Å². The first-order chi connectivity index (χ1) is 23.6. The first-order valence-corrected chi connectivity index (χ1v) is 16.2. The molecule has 5 aromatic rings. The van der Waals surface area contributed by atoms with E-state index >= 15 is 0 Å². The maximum Gasteiger partial charge on any atom is 0.261 e. The molecule has 0 atom stereocenters. The minimum atomic E-state index is -0.322. The molecule has 0 aliphatic carbocycles. The lowest BCUT2D eigenvalue weighted by Gasteiger charge is -2.28. The fourth-order valence-corrected chi connectivity index (χ4v) is 5.55. The number of morpholine rings is 1. The summed E-state index contributed by atoms with van der Waals surface area (Å²) in [5.74, 6) is 7.32. The number of hydrogen-bond donors (Lipinski definition) is 1. The molecule has 1 aliphatic rings. The van der Waals surface area contributed by atoms with Crippen molar-refractivity contribution in [3.05, 3.63) is 124 Å².